The van der Waals surface area contributed by atoms with Crippen LogP contribution in [-0.2, 0) is 0 Å². The van der Waals surface area contributed by atoms with Crippen molar-refractivity contribution in [3.63, 3.8) is 0 Å². The number of halogens is 1. The molecule has 1 fully saturated rings. The minimum Gasteiger partial charge on any atom is -0.118 e. The Labute approximate surface area is 49.2 Å². The first kappa shape index (κ1) is 5.17. The van der Waals surface area contributed by atoms with Crippen molar-refractivity contribution in [2.24, 2.45) is 0 Å². The van der Waals surface area contributed by atoms with Crippen molar-refractivity contribution in [1.29, 1.82) is 0 Å². The van der Waals surface area contributed by atoms with E-state index in [-0.39, 0.29) is 0 Å². The van der Waals surface area contributed by atoms with Crippen LogP contribution >= 0.6 is 11.6 Å². The summed E-state index contributed by atoms with van der Waals surface area (Å²) in [6.45, 7) is 3.80. The molecule has 1 saturated carbocycles. The molecule has 0 aromatic carbocycles. The van der Waals surface area contributed by atoms with E-state index < -0.39 is 0 Å². The van der Waals surface area contributed by atoms with Gasteiger partial charge in [0.25, 0.3) is 0 Å². The number of allylic oxidation sites excluding steroid dienone is 1. The summed E-state index contributed by atoms with van der Waals surface area (Å²) in [5, 5.41) is 0.292. The highest BCUT2D eigenvalue weighted by atomic mass is 35.5. The van der Waals surface area contributed by atoms with E-state index in [0.29, 0.717) is 5.38 Å². The highest BCUT2D eigenvalue weighted by Crippen LogP contribution is 2.27. The fourth-order valence-electron chi connectivity index (χ4n) is 0.869. The predicted molar refractivity (Wildman–Crippen MR) is 32.6 cm³/mol. The lowest BCUT2D eigenvalue weighted by atomic mass is 10.3. The van der Waals surface area contributed by atoms with Crippen molar-refractivity contribution in [2.75, 3.05) is 0 Å². The van der Waals surface area contributed by atoms with Crippen LogP contribution in [0.1, 0.15) is 19.3 Å². The highest BCUT2D eigenvalue weighted by molar-refractivity contribution is 6.22. The van der Waals surface area contributed by atoms with Gasteiger partial charge < -0.3 is 0 Å². The average Bonchev–Trinajstić information content (AvgIpc) is 1.91. The van der Waals surface area contributed by atoms with Crippen molar-refractivity contribution in [3.8, 4) is 0 Å². The zero-order valence-corrected chi connectivity index (χ0v) is 5.04. The summed E-state index contributed by atoms with van der Waals surface area (Å²) in [5.74, 6) is 0. The van der Waals surface area contributed by atoms with E-state index in [9.17, 15) is 0 Å². The molecule has 1 heteroatoms. The average molecular weight is 117 g/mol. The summed E-state index contributed by atoms with van der Waals surface area (Å²) in [4.78, 5) is 0. The van der Waals surface area contributed by atoms with E-state index in [1.165, 1.54) is 12.0 Å². The van der Waals surface area contributed by atoms with Gasteiger partial charge in [-0.3, -0.25) is 0 Å². The SMILES string of the molecule is C=C1CCCC1Cl. The Hall–Kier alpha value is 0.0300. The lowest BCUT2D eigenvalue weighted by molar-refractivity contribution is 0.889. The van der Waals surface area contributed by atoms with Gasteiger partial charge in [0.15, 0.2) is 0 Å². The molecule has 0 aliphatic heterocycles. The molecule has 1 aliphatic rings. The third-order valence-corrected chi connectivity index (χ3v) is 1.93. The summed E-state index contributed by atoms with van der Waals surface area (Å²) in [6.07, 6.45) is 3.53. The van der Waals surface area contributed by atoms with E-state index in [4.69, 9.17) is 11.6 Å². The Morgan fingerprint density at radius 2 is 2.43 bits per heavy atom. The van der Waals surface area contributed by atoms with Crippen LogP contribution in [0.15, 0.2) is 12.2 Å². The van der Waals surface area contributed by atoms with Gasteiger partial charge in [-0.15, -0.1) is 11.6 Å². The van der Waals surface area contributed by atoms with Crippen LogP contribution in [0.25, 0.3) is 0 Å². The van der Waals surface area contributed by atoms with E-state index >= 15 is 0 Å². The third-order valence-electron chi connectivity index (χ3n) is 1.40. The summed E-state index contributed by atoms with van der Waals surface area (Å²) >= 11 is 5.76. The Morgan fingerprint density at radius 1 is 1.71 bits per heavy atom. The molecule has 0 nitrogen and oxygen atoms in total. The molecular weight excluding hydrogens is 108 g/mol. The van der Waals surface area contributed by atoms with Crippen molar-refractivity contribution in [3.05, 3.63) is 12.2 Å². The first-order chi connectivity index (χ1) is 3.30. The first-order valence-electron chi connectivity index (χ1n) is 2.62. The van der Waals surface area contributed by atoms with Gasteiger partial charge in [0.05, 0.1) is 5.38 Å². The molecule has 0 aromatic rings. The third kappa shape index (κ3) is 0.973. The minimum atomic E-state index is 0.292. The summed E-state index contributed by atoms with van der Waals surface area (Å²) in [5.41, 5.74) is 1.22. The molecule has 0 bridgehead atoms. The molecule has 0 heterocycles. The molecule has 1 unspecified atom stereocenters. The molecule has 7 heavy (non-hydrogen) atoms. The Morgan fingerprint density at radius 3 is 2.57 bits per heavy atom. The van der Waals surface area contributed by atoms with Crippen LogP contribution in [0, 0.1) is 0 Å². The first-order valence-corrected chi connectivity index (χ1v) is 3.06. The molecule has 0 radical (unpaired) electrons. The zero-order chi connectivity index (χ0) is 5.28. The molecule has 0 N–H and O–H groups in total. The summed E-state index contributed by atoms with van der Waals surface area (Å²) < 4.78 is 0. The molecule has 0 amide bonds. The lowest BCUT2D eigenvalue weighted by Gasteiger charge is -1.94. The Bertz CT molecular complexity index is 86.2. The highest BCUT2D eigenvalue weighted by Gasteiger charge is 2.14. The molecule has 0 spiro atoms. The van der Waals surface area contributed by atoms with Crippen LogP contribution in [0.2, 0.25) is 0 Å². The molecule has 40 valence electrons. The summed E-state index contributed by atoms with van der Waals surface area (Å²) in [6, 6.07) is 0. The van der Waals surface area contributed by atoms with Crippen LogP contribution in [0.4, 0.5) is 0 Å². The fraction of sp³-hybridized carbons (Fsp3) is 0.667. The van der Waals surface area contributed by atoms with Crippen molar-refractivity contribution in [1.82, 2.24) is 0 Å². The smallest absolute Gasteiger partial charge is 0.0542 e. The van der Waals surface area contributed by atoms with E-state index in [1.54, 1.807) is 0 Å². The van der Waals surface area contributed by atoms with Gasteiger partial charge >= 0.3 is 0 Å². The maximum absolute atomic E-state index is 5.76. The van der Waals surface area contributed by atoms with Gasteiger partial charge in [-0.05, 0) is 19.3 Å². The second kappa shape index (κ2) is 1.87. The van der Waals surface area contributed by atoms with Gasteiger partial charge in [0, 0.05) is 0 Å². The van der Waals surface area contributed by atoms with Crippen molar-refractivity contribution >= 4 is 11.6 Å². The topological polar surface area (TPSA) is 0 Å². The van der Waals surface area contributed by atoms with Gasteiger partial charge in [-0.2, -0.15) is 0 Å². The quantitative estimate of drug-likeness (QED) is 0.337. The van der Waals surface area contributed by atoms with Gasteiger partial charge in [0.1, 0.15) is 0 Å². The minimum absolute atomic E-state index is 0.292. The standard InChI is InChI=1S/C6H9Cl/c1-5-3-2-4-6(5)7/h6H,1-4H2. The fourth-order valence-corrected chi connectivity index (χ4v) is 1.13. The maximum Gasteiger partial charge on any atom is 0.0542 e. The van der Waals surface area contributed by atoms with Gasteiger partial charge in [-0.25, -0.2) is 0 Å². The zero-order valence-electron chi connectivity index (χ0n) is 4.28. The van der Waals surface area contributed by atoms with E-state index in [1.807, 2.05) is 0 Å². The molecule has 1 atom stereocenters. The number of alkyl halides is 1. The molecular formula is C6H9Cl. The monoisotopic (exact) mass is 116 g/mol. The second-order valence-corrected chi connectivity index (χ2v) is 2.54. The van der Waals surface area contributed by atoms with Crippen LogP contribution in [0.5, 0.6) is 0 Å². The van der Waals surface area contributed by atoms with Crippen LogP contribution < -0.4 is 0 Å². The number of hydrogen-bond acceptors (Lipinski definition) is 0. The predicted octanol–water partition coefficient (Wildman–Crippen LogP) is 2.33. The Balaban J connectivity index is 2.48. The summed E-state index contributed by atoms with van der Waals surface area (Å²) in [7, 11) is 0. The molecule has 0 aromatic heterocycles. The molecule has 1 aliphatic carbocycles. The normalized spacial score (nSPS) is 31.6. The number of hydrogen-bond donors (Lipinski definition) is 0. The van der Waals surface area contributed by atoms with Crippen LogP contribution in [-0.4, -0.2) is 5.38 Å². The second-order valence-electron chi connectivity index (χ2n) is 2.02. The van der Waals surface area contributed by atoms with Gasteiger partial charge in [-0.1, -0.05) is 12.2 Å². The van der Waals surface area contributed by atoms with Gasteiger partial charge in [0.2, 0.25) is 0 Å². The Kier molecular flexibility index (Phi) is 1.38. The largest absolute Gasteiger partial charge is 0.118 e. The number of rotatable bonds is 0. The molecule has 1 rings (SSSR count). The van der Waals surface area contributed by atoms with E-state index in [0.717, 1.165) is 12.8 Å². The van der Waals surface area contributed by atoms with Crippen LogP contribution in [0.3, 0.4) is 0 Å². The van der Waals surface area contributed by atoms with E-state index in [2.05, 4.69) is 6.58 Å². The van der Waals surface area contributed by atoms with Crippen molar-refractivity contribution < 1.29 is 0 Å². The van der Waals surface area contributed by atoms with Crippen molar-refractivity contribution in [2.45, 2.75) is 24.6 Å². The maximum atomic E-state index is 5.76. The lowest BCUT2D eigenvalue weighted by Crippen LogP contribution is -1.88. The molecule has 0 saturated heterocycles.